The van der Waals surface area contributed by atoms with E-state index in [1.165, 1.54) is 0 Å². The number of hydrogen-bond donors (Lipinski definition) is 5. The third-order valence-electron chi connectivity index (χ3n) is 6.19. The molecule has 178 valence electrons. The molecule has 0 saturated heterocycles. The van der Waals surface area contributed by atoms with Crippen molar-refractivity contribution in [2.24, 2.45) is 5.73 Å². The minimum atomic E-state index is -0.222. The molecule has 6 nitrogen and oxygen atoms in total. The van der Waals surface area contributed by atoms with Crippen LogP contribution in [0.5, 0.6) is 0 Å². The van der Waals surface area contributed by atoms with E-state index in [1.807, 2.05) is 48.5 Å². The van der Waals surface area contributed by atoms with Gasteiger partial charge in [-0.15, -0.1) is 0 Å². The number of anilines is 1. The normalized spacial score (nSPS) is 10.9. The van der Waals surface area contributed by atoms with Crippen LogP contribution >= 0.6 is 0 Å². The number of hydrogen-bond acceptors (Lipinski definition) is 4. The zero-order chi connectivity index (χ0) is 25.1. The molecule has 5 rings (SSSR count). The zero-order valence-corrected chi connectivity index (χ0v) is 19.6. The average Bonchev–Trinajstić information content (AvgIpc) is 2.92. The van der Waals surface area contributed by atoms with E-state index in [0.29, 0.717) is 22.5 Å². The van der Waals surface area contributed by atoms with Gasteiger partial charge in [0.2, 0.25) is 0 Å². The van der Waals surface area contributed by atoms with E-state index in [1.54, 1.807) is 6.07 Å². The molecule has 0 amide bonds. The lowest BCUT2D eigenvalue weighted by Gasteiger charge is -2.16. The van der Waals surface area contributed by atoms with E-state index in [0.717, 1.165) is 38.8 Å². The van der Waals surface area contributed by atoms with Crippen LogP contribution in [0.25, 0.3) is 44.3 Å². The van der Waals surface area contributed by atoms with E-state index >= 15 is 0 Å². The Bertz CT molecular complexity index is 1490. The standard InChI is InChI=1S/C30H26N4O2/c31-30(32)34-29-27(15-24-14-25(17-35)26(18-36)16-28(24)33-29)23-12-21(19-7-3-1-4-8-19)11-22(13-23)20-9-5-2-6-10-20/h1-16,35-36H,17-18H2,(H4,31,32,33,34). The summed E-state index contributed by atoms with van der Waals surface area (Å²) in [6, 6.07) is 32.3. The fraction of sp³-hybridized carbons (Fsp3) is 0.0667. The fourth-order valence-electron chi connectivity index (χ4n) is 4.43. The summed E-state index contributed by atoms with van der Waals surface area (Å²) >= 11 is 0. The van der Waals surface area contributed by atoms with Crippen molar-refractivity contribution >= 4 is 22.7 Å². The molecular weight excluding hydrogens is 448 g/mol. The van der Waals surface area contributed by atoms with Crippen molar-refractivity contribution in [1.29, 1.82) is 5.41 Å². The van der Waals surface area contributed by atoms with Crippen molar-refractivity contribution in [3.8, 4) is 33.4 Å². The van der Waals surface area contributed by atoms with E-state index in [2.05, 4.69) is 47.8 Å². The monoisotopic (exact) mass is 474 g/mol. The van der Waals surface area contributed by atoms with Crippen molar-refractivity contribution in [2.45, 2.75) is 13.2 Å². The molecule has 0 aliphatic carbocycles. The molecule has 0 aliphatic heterocycles. The average molecular weight is 475 g/mol. The summed E-state index contributed by atoms with van der Waals surface area (Å²) in [4.78, 5) is 4.76. The number of pyridine rings is 1. The number of aliphatic hydroxyl groups is 2. The summed E-state index contributed by atoms with van der Waals surface area (Å²) < 4.78 is 0. The molecule has 1 heterocycles. The molecule has 0 spiro atoms. The molecule has 0 aliphatic rings. The predicted octanol–water partition coefficient (Wildman–Crippen LogP) is 5.53. The fourth-order valence-corrected chi connectivity index (χ4v) is 4.43. The van der Waals surface area contributed by atoms with E-state index < -0.39 is 0 Å². The van der Waals surface area contributed by atoms with Crippen molar-refractivity contribution in [2.75, 3.05) is 5.32 Å². The third kappa shape index (κ3) is 4.68. The van der Waals surface area contributed by atoms with Gasteiger partial charge >= 0.3 is 0 Å². The Morgan fingerprint density at radius 3 is 1.75 bits per heavy atom. The smallest absolute Gasteiger partial charge is 0.191 e. The number of fused-ring (bicyclic) bond motifs is 1. The maximum absolute atomic E-state index is 9.81. The lowest BCUT2D eigenvalue weighted by molar-refractivity contribution is 0.260. The van der Waals surface area contributed by atoms with Gasteiger partial charge in [-0.05, 0) is 75.3 Å². The summed E-state index contributed by atoms with van der Waals surface area (Å²) in [5.74, 6) is 0.222. The number of nitrogens with one attached hydrogen (secondary N) is 2. The molecule has 1 aromatic heterocycles. The molecule has 4 aromatic carbocycles. The number of benzene rings is 4. The minimum absolute atomic E-state index is 0.184. The highest BCUT2D eigenvalue weighted by atomic mass is 16.3. The third-order valence-corrected chi connectivity index (χ3v) is 6.19. The summed E-state index contributed by atoms with van der Waals surface area (Å²) in [7, 11) is 0. The van der Waals surface area contributed by atoms with Crippen LogP contribution in [-0.2, 0) is 13.2 Å². The molecule has 0 saturated carbocycles. The highest BCUT2D eigenvalue weighted by Gasteiger charge is 2.15. The van der Waals surface area contributed by atoms with E-state index in [9.17, 15) is 10.2 Å². The van der Waals surface area contributed by atoms with Crippen LogP contribution < -0.4 is 11.1 Å². The first-order chi connectivity index (χ1) is 17.6. The Morgan fingerprint density at radius 2 is 1.22 bits per heavy atom. The molecule has 0 atom stereocenters. The van der Waals surface area contributed by atoms with Gasteiger partial charge in [0.05, 0.1) is 18.7 Å². The molecule has 5 aromatic rings. The van der Waals surface area contributed by atoms with Crippen LogP contribution in [-0.4, -0.2) is 21.2 Å². The number of rotatable bonds is 6. The van der Waals surface area contributed by atoms with Crippen LogP contribution in [0.4, 0.5) is 5.82 Å². The Morgan fingerprint density at radius 1 is 0.694 bits per heavy atom. The largest absolute Gasteiger partial charge is 0.392 e. The van der Waals surface area contributed by atoms with Gasteiger partial charge < -0.3 is 21.3 Å². The molecule has 0 radical (unpaired) electrons. The highest BCUT2D eigenvalue weighted by Crippen LogP contribution is 2.37. The van der Waals surface area contributed by atoms with Crippen molar-refractivity contribution < 1.29 is 10.2 Å². The Labute approximate surface area is 209 Å². The summed E-state index contributed by atoms with van der Waals surface area (Å²) in [6.45, 7) is -0.388. The quantitative estimate of drug-likeness (QED) is 0.164. The minimum Gasteiger partial charge on any atom is -0.392 e. The van der Waals surface area contributed by atoms with Gasteiger partial charge in [0.1, 0.15) is 5.82 Å². The molecule has 6 heteroatoms. The van der Waals surface area contributed by atoms with E-state index in [-0.39, 0.29) is 19.2 Å². The molecule has 0 unspecified atom stereocenters. The second-order valence-corrected chi connectivity index (χ2v) is 8.58. The molecular formula is C30H26N4O2. The summed E-state index contributed by atoms with van der Waals surface area (Å²) in [5, 5.41) is 31.1. The Hall–Kier alpha value is -4.52. The molecule has 0 fully saturated rings. The van der Waals surface area contributed by atoms with Gasteiger partial charge in [0.15, 0.2) is 5.96 Å². The predicted molar refractivity (Wildman–Crippen MR) is 145 cm³/mol. The number of guanidine groups is 1. The molecule has 36 heavy (non-hydrogen) atoms. The summed E-state index contributed by atoms with van der Waals surface area (Å²) in [5.41, 5.74) is 13.5. The molecule has 6 N–H and O–H groups in total. The number of nitrogens with two attached hydrogens (primary N) is 1. The summed E-state index contributed by atoms with van der Waals surface area (Å²) in [6.07, 6.45) is 0. The maximum atomic E-state index is 9.81. The number of nitrogens with zero attached hydrogens (tertiary/aromatic N) is 1. The SMILES string of the molecule is N=C(N)Nc1nc2cc(CO)c(CO)cc2cc1-c1cc(-c2ccccc2)cc(-c2ccccc2)c1. The van der Waals surface area contributed by atoms with Gasteiger partial charge in [0.25, 0.3) is 0 Å². The number of aliphatic hydroxyl groups excluding tert-OH is 2. The van der Waals surface area contributed by atoms with Crippen molar-refractivity contribution in [3.63, 3.8) is 0 Å². The Balaban J connectivity index is 1.78. The van der Waals surface area contributed by atoms with Gasteiger partial charge in [-0.25, -0.2) is 4.98 Å². The second kappa shape index (κ2) is 10.00. The lowest BCUT2D eigenvalue weighted by Crippen LogP contribution is -2.21. The highest BCUT2D eigenvalue weighted by molar-refractivity contribution is 5.98. The van der Waals surface area contributed by atoms with Crippen molar-refractivity contribution in [1.82, 2.24) is 4.98 Å². The molecule has 0 bridgehead atoms. The van der Waals surface area contributed by atoms with Crippen molar-refractivity contribution in [3.05, 3.63) is 108 Å². The van der Waals surface area contributed by atoms with Crippen LogP contribution in [0.15, 0.2) is 97.1 Å². The van der Waals surface area contributed by atoms with Gasteiger partial charge in [-0.1, -0.05) is 60.7 Å². The number of aromatic nitrogens is 1. The topological polar surface area (TPSA) is 115 Å². The maximum Gasteiger partial charge on any atom is 0.191 e. The van der Waals surface area contributed by atoms with Crippen LogP contribution in [0.1, 0.15) is 11.1 Å². The van der Waals surface area contributed by atoms with Crippen LogP contribution in [0.2, 0.25) is 0 Å². The van der Waals surface area contributed by atoms with Crippen LogP contribution in [0.3, 0.4) is 0 Å². The first-order valence-electron chi connectivity index (χ1n) is 11.6. The lowest BCUT2D eigenvalue weighted by atomic mass is 9.92. The van der Waals surface area contributed by atoms with Crippen LogP contribution in [0, 0.1) is 5.41 Å². The van der Waals surface area contributed by atoms with Gasteiger partial charge in [-0.3, -0.25) is 5.41 Å². The van der Waals surface area contributed by atoms with E-state index in [4.69, 9.17) is 16.1 Å². The zero-order valence-electron chi connectivity index (χ0n) is 19.6. The Kier molecular flexibility index (Phi) is 6.45. The first-order valence-corrected chi connectivity index (χ1v) is 11.6. The first kappa shape index (κ1) is 23.2. The van der Waals surface area contributed by atoms with Gasteiger partial charge in [-0.2, -0.15) is 0 Å². The van der Waals surface area contributed by atoms with Gasteiger partial charge in [0, 0.05) is 10.9 Å². The second-order valence-electron chi connectivity index (χ2n) is 8.58.